The number of benzene rings is 2. The van der Waals surface area contributed by atoms with E-state index in [-0.39, 0.29) is 17.6 Å². The molecule has 1 aliphatic carbocycles. The van der Waals surface area contributed by atoms with Crippen LogP contribution in [0.15, 0.2) is 56.8 Å². The zero-order valence-electron chi connectivity index (χ0n) is 18.1. The predicted octanol–water partition coefficient (Wildman–Crippen LogP) is 6.27. The van der Waals surface area contributed by atoms with Crippen LogP contribution in [-0.4, -0.2) is 22.0 Å². The molecule has 1 heterocycles. The molecule has 0 unspecified atom stereocenters. The van der Waals surface area contributed by atoms with Crippen molar-refractivity contribution in [1.82, 2.24) is 9.66 Å². The Bertz CT molecular complexity index is 1150. The standard InChI is InChI=1S/C25H28BrN3O2/c1-3-17(2)31-21-11-7-8-18(14-21)16-27-29-24(19-9-5-4-6-10-19)28-23-13-12-20(26)15-22(23)25(29)30/h7-8,11-17,19H,3-6,9-10H2,1-2H3/t17-/m0/s1. The lowest BCUT2D eigenvalue weighted by atomic mass is 9.88. The number of hydrogen-bond donors (Lipinski definition) is 0. The number of aromatic nitrogens is 2. The molecule has 0 bridgehead atoms. The fourth-order valence-electron chi connectivity index (χ4n) is 4.01. The SMILES string of the molecule is CC[C@H](C)Oc1cccc(C=Nn2c(C3CCCCC3)nc3ccc(Br)cc3c2=O)c1. The Morgan fingerprint density at radius 1 is 1.23 bits per heavy atom. The van der Waals surface area contributed by atoms with E-state index >= 15 is 0 Å². The minimum atomic E-state index is -0.130. The molecule has 1 aromatic heterocycles. The molecule has 2 aromatic carbocycles. The molecule has 31 heavy (non-hydrogen) atoms. The topological polar surface area (TPSA) is 56.5 Å². The van der Waals surface area contributed by atoms with Gasteiger partial charge in [-0.1, -0.05) is 54.2 Å². The smallest absolute Gasteiger partial charge is 0.282 e. The second-order valence-electron chi connectivity index (χ2n) is 8.24. The minimum Gasteiger partial charge on any atom is -0.491 e. The van der Waals surface area contributed by atoms with Crippen molar-refractivity contribution in [2.75, 3.05) is 0 Å². The fraction of sp³-hybridized carbons (Fsp3) is 0.400. The van der Waals surface area contributed by atoms with E-state index in [0.717, 1.165) is 59.2 Å². The zero-order chi connectivity index (χ0) is 21.8. The summed E-state index contributed by atoms with van der Waals surface area (Å²) in [4.78, 5) is 18.3. The molecule has 0 aliphatic heterocycles. The van der Waals surface area contributed by atoms with Crippen LogP contribution in [0.5, 0.6) is 5.75 Å². The van der Waals surface area contributed by atoms with Gasteiger partial charge in [-0.05, 0) is 62.1 Å². The highest BCUT2D eigenvalue weighted by molar-refractivity contribution is 9.10. The Hall–Kier alpha value is -2.47. The summed E-state index contributed by atoms with van der Waals surface area (Å²) in [6.07, 6.45) is 8.48. The molecule has 0 radical (unpaired) electrons. The maximum atomic E-state index is 13.4. The number of fused-ring (bicyclic) bond motifs is 1. The van der Waals surface area contributed by atoms with Crippen molar-refractivity contribution in [3.05, 3.63) is 68.7 Å². The van der Waals surface area contributed by atoms with Crippen LogP contribution >= 0.6 is 15.9 Å². The van der Waals surface area contributed by atoms with Gasteiger partial charge in [-0.2, -0.15) is 9.78 Å². The van der Waals surface area contributed by atoms with Gasteiger partial charge in [0.05, 0.1) is 23.2 Å². The number of halogens is 1. The molecule has 1 aliphatic rings. The van der Waals surface area contributed by atoms with Gasteiger partial charge in [0.1, 0.15) is 11.6 Å². The quantitative estimate of drug-likeness (QED) is 0.390. The summed E-state index contributed by atoms with van der Waals surface area (Å²) in [6, 6.07) is 13.4. The summed E-state index contributed by atoms with van der Waals surface area (Å²) in [6.45, 7) is 4.15. The molecular formula is C25H28BrN3O2. The van der Waals surface area contributed by atoms with Crippen LogP contribution in [0.3, 0.4) is 0 Å². The third-order valence-electron chi connectivity index (χ3n) is 5.90. The van der Waals surface area contributed by atoms with E-state index in [1.54, 1.807) is 6.21 Å². The third-order valence-corrected chi connectivity index (χ3v) is 6.39. The number of ether oxygens (including phenoxy) is 1. The molecule has 162 valence electrons. The number of nitrogens with zero attached hydrogens (tertiary/aromatic N) is 3. The van der Waals surface area contributed by atoms with E-state index in [1.807, 2.05) is 42.5 Å². The van der Waals surface area contributed by atoms with Crippen molar-refractivity contribution in [1.29, 1.82) is 0 Å². The molecule has 0 N–H and O–H groups in total. The third kappa shape index (κ3) is 5.06. The van der Waals surface area contributed by atoms with Gasteiger partial charge in [0, 0.05) is 10.4 Å². The average Bonchev–Trinajstić information content (AvgIpc) is 2.79. The van der Waals surface area contributed by atoms with E-state index in [1.165, 1.54) is 11.1 Å². The summed E-state index contributed by atoms with van der Waals surface area (Å²) in [5.41, 5.74) is 1.48. The van der Waals surface area contributed by atoms with Gasteiger partial charge >= 0.3 is 0 Å². The van der Waals surface area contributed by atoms with E-state index in [2.05, 4.69) is 34.9 Å². The first-order chi connectivity index (χ1) is 15.0. The average molecular weight is 482 g/mol. The summed E-state index contributed by atoms with van der Waals surface area (Å²) in [5, 5.41) is 5.19. The summed E-state index contributed by atoms with van der Waals surface area (Å²) in [5.74, 6) is 1.83. The van der Waals surface area contributed by atoms with E-state index in [9.17, 15) is 4.79 Å². The van der Waals surface area contributed by atoms with Crippen molar-refractivity contribution in [2.24, 2.45) is 5.10 Å². The molecule has 0 spiro atoms. The van der Waals surface area contributed by atoms with Gasteiger partial charge in [-0.15, -0.1) is 0 Å². The lowest BCUT2D eigenvalue weighted by Crippen LogP contribution is -2.25. The Labute approximate surface area is 191 Å². The van der Waals surface area contributed by atoms with E-state index in [4.69, 9.17) is 9.72 Å². The highest BCUT2D eigenvalue weighted by atomic mass is 79.9. The monoisotopic (exact) mass is 481 g/mol. The van der Waals surface area contributed by atoms with Gasteiger partial charge in [0.25, 0.3) is 5.56 Å². The second kappa shape index (κ2) is 9.77. The molecule has 4 rings (SSSR count). The normalized spacial score (nSPS) is 16.1. The predicted molar refractivity (Wildman–Crippen MR) is 129 cm³/mol. The first-order valence-corrected chi connectivity index (χ1v) is 11.9. The van der Waals surface area contributed by atoms with Crippen molar-refractivity contribution in [2.45, 2.75) is 64.4 Å². The molecule has 5 nitrogen and oxygen atoms in total. The molecule has 1 fully saturated rings. The van der Waals surface area contributed by atoms with Crippen LogP contribution in [-0.2, 0) is 0 Å². The highest BCUT2D eigenvalue weighted by Gasteiger charge is 2.22. The van der Waals surface area contributed by atoms with Crippen molar-refractivity contribution in [3.8, 4) is 5.75 Å². The summed E-state index contributed by atoms with van der Waals surface area (Å²) in [7, 11) is 0. The molecule has 3 aromatic rings. The highest BCUT2D eigenvalue weighted by Crippen LogP contribution is 2.32. The Morgan fingerprint density at radius 3 is 2.81 bits per heavy atom. The Kier molecular flexibility index (Phi) is 6.86. The van der Waals surface area contributed by atoms with E-state index in [0.29, 0.717) is 5.39 Å². The Morgan fingerprint density at radius 2 is 2.03 bits per heavy atom. The van der Waals surface area contributed by atoms with Gasteiger partial charge in [0.15, 0.2) is 0 Å². The van der Waals surface area contributed by atoms with Crippen LogP contribution in [0.4, 0.5) is 0 Å². The number of hydrogen-bond acceptors (Lipinski definition) is 4. The van der Waals surface area contributed by atoms with Crippen LogP contribution in [0.2, 0.25) is 0 Å². The van der Waals surface area contributed by atoms with Crippen LogP contribution in [0, 0.1) is 0 Å². The molecule has 6 heteroatoms. The van der Waals surface area contributed by atoms with Crippen LogP contribution in [0.1, 0.15) is 69.7 Å². The van der Waals surface area contributed by atoms with Crippen molar-refractivity contribution in [3.63, 3.8) is 0 Å². The molecular weight excluding hydrogens is 454 g/mol. The van der Waals surface area contributed by atoms with Crippen molar-refractivity contribution < 1.29 is 4.74 Å². The van der Waals surface area contributed by atoms with E-state index < -0.39 is 0 Å². The number of rotatable bonds is 6. The minimum absolute atomic E-state index is 0.130. The largest absolute Gasteiger partial charge is 0.491 e. The molecule has 1 saturated carbocycles. The maximum absolute atomic E-state index is 13.4. The molecule has 0 saturated heterocycles. The van der Waals surface area contributed by atoms with Crippen LogP contribution in [0.25, 0.3) is 10.9 Å². The molecule has 0 amide bonds. The Balaban J connectivity index is 1.76. The first-order valence-electron chi connectivity index (χ1n) is 11.1. The molecule has 1 atom stereocenters. The van der Waals surface area contributed by atoms with Gasteiger partial charge in [0.2, 0.25) is 0 Å². The van der Waals surface area contributed by atoms with Gasteiger partial charge in [-0.3, -0.25) is 4.79 Å². The van der Waals surface area contributed by atoms with Gasteiger partial charge < -0.3 is 4.74 Å². The lowest BCUT2D eigenvalue weighted by molar-refractivity contribution is 0.217. The maximum Gasteiger partial charge on any atom is 0.282 e. The van der Waals surface area contributed by atoms with Gasteiger partial charge in [-0.25, -0.2) is 4.98 Å². The lowest BCUT2D eigenvalue weighted by Gasteiger charge is -2.22. The summed E-state index contributed by atoms with van der Waals surface area (Å²) >= 11 is 3.47. The second-order valence-corrected chi connectivity index (χ2v) is 9.15. The van der Waals surface area contributed by atoms with Crippen molar-refractivity contribution >= 4 is 33.0 Å². The first kappa shape index (κ1) is 21.8. The summed E-state index contributed by atoms with van der Waals surface area (Å²) < 4.78 is 8.29. The zero-order valence-corrected chi connectivity index (χ0v) is 19.6. The fourth-order valence-corrected chi connectivity index (χ4v) is 4.37. The van der Waals surface area contributed by atoms with Crippen LogP contribution < -0.4 is 10.3 Å².